The second-order valence-corrected chi connectivity index (χ2v) is 6.35. The van der Waals surface area contributed by atoms with Gasteiger partial charge in [-0.1, -0.05) is 38.6 Å². The Balaban J connectivity index is 1.96. The molecule has 0 saturated heterocycles. The predicted octanol–water partition coefficient (Wildman–Crippen LogP) is 4.15. The van der Waals surface area contributed by atoms with Crippen molar-refractivity contribution in [1.82, 2.24) is 4.90 Å². The Kier molecular flexibility index (Phi) is 8.92. The number of hydrogen-bond donors (Lipinski definition) is 1. The Morgan fingerprint density at radius 3 is 2.48 bits per heavy atom. The van der Waals surface area contributed by atoms with Crippen molar-refractivity contribution in [3.05, 3.63) is 60.7 Å². The van der Waals surface area contributed by atoms with Gasteiger partial charge in [0.05, 0.1) is 12.8 Å². The van der Waals surface area contributed by atoms with E-state index in [1.165, 1.54) is 0 Å². The van der Waals surface area contributed by atoms with Gasteiger partial charge in [0.2, 0.25) is 5.96 Å². The van der Waals surface area contributed by atoms with Crippen LogP contribution in [-0.2, 0) is 0 Å². The maximum Gasteiger partial charge on any atom is 0.220 e. The van der Waals surface area contributed by atoms with E-state index in [2.05, 4.69) is 35.3 Å². The Bertz CT molecular complexity index is 840. The lowest BCUT2D eigenvalue weighted by atomic mass is 10.1. The summed E-state index contributed by atoms with van der Waals surface area (Å²) < 4.78 is 11.0. The van der Waals surface area contributed by atoms with E-state index in [1.807, 2.05) is 48.5 Å². The third-order valence-electron chi connectivity index (χ3n) is 4.45. The van der Waals surface area contributed by atoms with Crippen molar-refractivity contribution >= 4 is 23.4 Å². The lowest BCUT2D eigenvalue weighted by Gasteiger charge is -2.18. The highest BCUT2D eigenvalue weighted by atomic mass is 16.5. The minimum Gasteiger partial charge on any atom is -0.497 e. The molecule has 6 nitrogen and oxygen atoms in total. The number of methoxy groups -OCH3 is 1. The largest absolute Gasteiger partial charge is 0.497 e. The molecule has 0 saturated carbocycles. The fourth-order valence-electron chi connectivity index (χ4n) is 2.66. The molecule has 0 bridgehead atoms. The molecule has 2 rings (SSSR count). The standard InChI is InChI=1S/C23H30N4O2/c1-5-27(6-2)14-15-29-22-9-7-8-20(16-22)26-23(24)25-17-18(3)19-10-12-21(28-4)13-11-19/h7-13,16-17H,3,5-6,14-15H2,1-2,4H3,(H2,24,26). The molecule has 0 amide bonds. The minimum absolute atomic E-state index is 0.153. The first kappa shape index (κ1) is 22.2. The summed E-state index contributed by atoms with van der Waals surface area (Å²) in [6.07, 6.45) is 1.60. The van der Waals surface area contributed by atoms with Gasteiger partial charge in [0.25, 0.3) is 0 Å². The average molecular weight is 395 g/mol. The first-order chi connectivity index (χ1) is 14.0. The SMILES string of the molecule is C=C(C=NC(N)=Nc1cccc(OCCN(CC)CC)c1)c1ccc(OC)cc1. The van der Waals surface area contributed by atoms with E-state index in [4.69, 9.17) is 15.2 Å². The van der Waals surface area contributed by atoms with Crippen LogP contribution in [0.3, 0.4) is 0 Å². The van der Waals surface area contributed by atoms with E-state index in [9.17, 15) is 0 Å². The van der Waals surface area contributed by atoms with E-state index in [-0.39, 0.29) is 5.96 Å². The molecule has 2 N–H and O–H groups in total. The Labute approximate surface area is 173 Å². The molecule has 2 aromatic rings. The van der Waals surface area contributed by atoms with E-state index in [0.29, 0.717) is 12.3 Å². The number of aliphatic imine (C=N–C) groups is 2. The van der Waals surface area contributed by atoms with Crippen LogP contribution in [-0.4, -0.2) is 50.4 Å². The van der Waals surface area contributed by atoms with E-state index in [0.717, 1.165) is 42.3 Å². The van der Waals surface area contributed by atoms with Gasteiger partial charge in [0, 0.05) is 18.8 Å². The van der Waals surface area contributed by atoms with Gasteiger partial charge in [-0.3, -0.25) is 0 Å². The molecule has 0 aliphatic heterocycles. The number of nitrogens with zero attached hydrogens (tertiary/aromatic N) is 3. The molecule has 0 radical (unpaired) electrons. The summed E-state index contributed by atoms with van der Waals surface area (Å²) in [7, 11) is 1.63. The number of ether oxygens (including phenoxy) is 2. The lowest BCUT2D eigenvalue weighted by Crippen LogP contribution is -2.27. The van der Waals surface area contributed by atoms with Crippen molar-refractivity contribution in [1.29, 1.82) is 0 Å². The first-order valence-electron chi connectivity index (χ1n) is 9.72. The summed E-state index contributed by atoms with van der Waals surface area (Å²) in [5.41, 5.74) is 8.31. The Hall–Kier alpha value is -3.12. The van der Waals surface area contributed by atoms with Crippen LogP contribution >= 0.6 is 0 Å². The van der Waals surface area contributed by atoms with Crippen LogP contribution in [0, 0.1) is 0 Å². The molecule has 2 aromatic carbocycles. The van der Waals surface area contributed by atoms with Gasteiger partial charge in [-0.15, -0.1) is 0 Å². The Morgan fingerprint density at radius 2 is 1.83 bits per heavy atom. The van der Waals surface area contributed by atoms with Crippen molar-refractivity contribution in [3.8, 4) is 11.5 Å². The number of guanidine groups is 1. The number of hydrogen-bond acceptors (Lipinski definition) is 4. The van der Waals surface area contributed by atoms with Crippen LogP contribution in [0.4, 0.5) is 5.69 Å². The molecule has 0 fully saturated rings. The maximum absolute atomic E-state index is 5.95. The molecule has 29 heavy (non-hydrogen) atoms. The molecule has 0 spiro atoms. The number of benzene rings is 2. The number of rotatable bonds is 10. The van der Waals surface area contributed by atoms with Crippen LogP contribution < -0.4 is 15.2 Å². The zero-order chi connectivity index (χ0) is 21.1. The third-order valence-corrected chi connectivity index (χ3v) is 4.45. The normalized spacial score (nSPS) is 11.8. The molecule has 154 valence electrons. The lowest BCUT2D eigenvalue weighted by molar-refractivity contribution is 0.223. The smallest absolute Gasteiger partial charge is 0.220 e. The minimum atomic E-state index is 0.153. The van der Waals surface area contributed by atoms with Gasteiger partial charge in [0.15, 0.2) is 0 Å². The molecule has 0 aliphatic carbocycles. The third kappa shape index (κ3) is 7.43. The van der Waals surface area contributed by atoms with Crippen molar-refractivity contribution in [2.75, 3.05) is 33.4 Å². The van der Waals surface area contributed by atoms with E-state index < -0.39 is 0 Å². The zero-order valence-electron chi connectivity index (χ0n) is 17.5. The highest BCUT2D eigenvalue weighted by Crippen LogP contribution is 2.20. The van der Waals surface area contributed by atoms with Crippen LogP contribution in [0.2, 0.25) is 0 Å². The average Bonchev–Trinajstić information content (AvgIpc) is 2.75. The summed E-state index contributed by atoms with van der Waals surface area (Å²) in [6.45, 7) is 11.8. The van der Waals surface area contributed by atoms with E-state index in [1.54, 1.807) is 13.3 Å². The van der Waals surface area contributed by atoms with Crippen LogP contribution in [0.15, 0.2) is 65.1 Å². The second kappa shape index (κ2) is 11.7. The second-order valence-electron chi connectivity index (χ2n) is 6.35. The number of nitrogens with two attached hydrogens (primary N) is 1. The van der Waals surface area contributed by atoms with Crippen LogP contribution in [0.1, 0.15) is 19.4 Å². The highest BCUT2D eigenvalue weighted by molar-refractivity contribution is 6.12. The van der Waals surface area contributed by atoms with Crippen molar-refractivity contribution in [3.63, 3.8) is 0 Å². The molecule has 0 aliphatic rings. The number of likely N-dealkylation sites (N-methyl/N-ethyl adjacent to an activating group) is 1. The van der Waals surface area contributed by atoms with Crippen LogP contribution in [0.5, 0.6) is 11.5 Å². The molecule has 0 unspecified atom stereocenters. The van der Waals surface area contributed by atoms with Crippen molar-refractivity contribution < 1.29 is 9.47 Å². The van der Waals surface area contributed by atoms with Crippen molar-refractivity contribution in [2.24, 2.45) is 15.7 Å². The van der Waals surface area contributed by atoms with Gasteiger partial charge in [0.1, 0.15) is 18.1 Å². The van der Waals surface area contributed by atoms with Crippen LogP contribution in [0.25, 0.3) is 5.57 Å². The molecule has 0 heterocycles. The van der Waals surface area contributed by atoms with Gasteiger partial charge < -0.3 is 20.1 Å². The predicted molar refractivity (Wildman–Crippen MR) is 122 cm³/mol. The molecular formula is C23H30N4O2. The fraction of sp³-hybridized carbons (Fsp3) is 0.304. The highest BCUT2D eigenvalue weighted by Gasteiger charge is 2.01. The van der Waals surface area contributed by atoms with Crippen molar-refractivity contribution in [2.45, 2.75) is 13.8 Å². The van der Waals surface area contributed by atoms with Gasteiger partial charge in [-0.2, -0.15) is 0 Å². The van der Waals surface area contributed by atoms with Gasteiger partial charge >= 0.3 is 0 Å². The zero-order valence-corrected chi connectivity index (χ0v) is 17.5. The molecule has 0 atom stereocenters. The monoisotopic (exact) mass is 394 g/mol. The summed E-state index contributed by atoms with van der Waals surface area (Å²) in [6, 6.07) is 15.1. The topological polar surface area (TPSA) is 72.4 Å². The van der Waals surface area contributed by atoms with E-state index >= 15 is 0 Å². The fourth-order valence-corrected chi connectivity index (χ4v) is 2.66. The van der Waals surface area contributed by atoms with Gasteiger partial charge in [-0.05, 0) is 48.5 Å². The molecule has 0 aromatic heterocycles. The number of allylic oxidation sites excluding steroid dienone is 1. The Morgan fingerprint density at radius 1 is 1.10 bits per heavy atom. The molecule has 6 heteroatoms. The summed E-state index contributed by atoms with van der Waals surface area (Å²) >= 11 is 0. The van der Waals surface area contributed by atoms with Gasteiger partial charge in [-0.25, -0.2) is 9.98 Å². The molecular weight excluding hydrogens is 364 g/mol. The maximum atomic E-state index is 5.95. The summed E-state index contributed by atoms with van der Waals surface area (Å²) in [5, 5.41) is 0. The first-order valence-corrected chi connectivity index (χ1v) is 9.72. The quantitative estimate of drug-likeness (QED) is 0.485. The summed E-state index contributed by atoms with van der Waals surface area (Å²) in [5.74, 6) is 1.71. The summed E-state index contributed by atoms with van der Waals surface area (Å²) in [4.78, 5) is 10.8.